The number of nitrogens with zero attached hydrogens (tertiary/aromatic N) is 4. The minimum absolute atomic E-state index is 0.229. The number of hydrogen-bond donors (Lipinski definition) is 0. The van der Waals surface area contributed by atoms with Crippen LogP contribution in [0.3, 0.4) is 0 Å². The van der Waals surface area contributed by atoms with Crippen LogP contribution < -0.4 is 4.90 Å². The lowest BCUT2D eigenvalue weighted by Gasteiger charge is -2.36. The molecule has 0 N–H and O–H groups in total. The summed E-state index contributed by atoms with van der Waals surface area (Å²) < 4.78 is 15.9. The number of anilines is 1. The van der Waals surface area contributed by atoms with E-state index in [4.69, 9.17) is 0 Å². The van der Waals surface area contributed by atoms with Crippen LogP contribution >= 0.6 is 0 Å². The lowest BCUT2D eigenvalue weighted by molar-refractivity contribution is -0.135. The maximum Gasteiger partial charge on any atom is 0.225 e. The third-order valence-corrected chi connectivity index (χ3v) is 5.31. The summed E-state index contributed by atoms with van der Waals surface area (Å²) in [7, 11) is 0. The summed E-state index contributed by atoms with van der Waals surface area (Å²) in [5.74, 6) is 1.01. The Morgan fingerprint density at radius 3 is 2.52 bits per heavy atom. The molecule has 1 amide bonds. The zero-order chi connectivity index (χ0) is 17.2. The van der Waals surface area contributed by atoms with Gasteiger partial charge in [-0.15, -0.1) is 0 Å². The van der Waals surface area contributed by atoms with Crippen molar-refractivity contribution in [1.29, 1.82) is 0 Å². The van der Waals surface area contributed by atoms with Gasteiger partial charge in [-0.3, -0.25) is 9.36 Å². The molecule has 4 rings (SSSR count). The molecule has 1 aromatic heterocycles. The maximum absolute atomic E-state index is 14.1. The third-order valence-electron chi connectivity index (χ3n) is 5.31. The summed E-state index contributed by atoms with van der Waals surface area (Å²) in [5, 5.41) is 0. The standard InChI is InChI=1S/C19H23FN4O/c20-16-7-3-4-8-17(16)24-10-9-21-19(24)23-13-11-22(12-14-23)18(25)15-5-1-2-6-15/h3-4,7-10,15H,1-2,5-6,11-14H2. The third kappa shape index (κ3) is 3.13. The molecule has 0 unspecified atom stereocenters. The van der Waals surface area contributed by atoms with Crippen LogP contribution in [0.25, 0.3) is 5.69 Å². The zero-order valence-electron chi connectivity index (χ0n) is 14.3. The highest BCUT2D eigenvalue weighted by Crippen LogP contribution is 2.27. The molecular weight excluding hydrogens is 319 g/mol. The zero-order valence-corrected chi connectivity index (χ0v) is 14.3. The minimum Gasteiger partial charge on any atom is -0.339 e. The van der Waals surface area contributed by atoms with Crippen molar-refractivity contribution in [3.63, 3.8) is 0 Å². The van der Waals surface area contributed by atoms with E-state index in [0.29, 0.717) is 24.7 Å². The number of piperazine rings is 1. The van der Waals surface area contributed by atoms with Crippen molar-refractivity contribution in [2.24, 2.45) is 5.92 Å². The highest BCUT2D eigenvalue weighted by atomic mass is 19.1. The van der Waals surface area contributed by atoms with E-state index in [-0.39, 0.29) is 11.7 Å². The Balaban J connectivity index is 1.46. The molecule has 2 aliphatic rings. The molecule has 0 spiro atoms. The van der Waals surface area contributed by atoms with Gasteiger partial charge in [-0.25, -0.2) is 9.37 Å². The van der Waals surface area contributed by atoms with Gasteiger partial charge in [-0.1, -0.05) is 25.0 Å². The fraction of sp³-hybridized carbons (Fsp3) is 0.474. The van der Waals surface area contributed by atoms with Crippen LogP contribution in [0.2, 0.25) is 0 Å². The number of carbonyl (C=O) groups is 1. The number of para-hydroxylation sites is 1. The molecule has 1 aliphatic carbocycles. The van der Waals surface area contributed by atoms with Crippen LogP contribution in [-0.4, -0.2) is 46.5 Å². The molecule has 25 heavy (non-hydrogen) atoms. The molecule has 0 bridgehead atoms. The van der Waals surface area contributed by atoms with E-state index in [1.54, 1.807) is 29.1 Å². The number of carbonyl (C=O) groups excluding carboxylic acids is 1. The van der Waals surface area contributed by atoms with E-state index in [1.165, 1.54) is 18.9 Å². The van der Waals surface area contributed by atoms with Gasteiger partial charge in [0.25, 0.3) is 0 Å². The smallest absolute Gasteiger partial charge is 0.225 e. The molecule has 2 aromatic rings. The molecular formula is C19H23FN4O. The number of imidazole rings is 1. The van der Waals surface area contributed by atoms with Gasteiger partial charge < -0.3 is 9.80 Å². The van der Waals surface area contributed by atoms with E-state index in [9.17, 15) is 9.18 Å². The summed E-state index contributed by atoms with van der Waals surface area (Å²) in [6.07, 6.45) is 7.90. The fourth-order valence-electron chi connectivity index (χ4n) is 3.92. The Labute approximate surface area is 147 Å². The lowest BCUT2D eigenvalue weighted by atomic mass is 10.1. The van der Waals surface area contributed by atoms with E-state index >= 15 is 0 Å². The van der Waals surface area contributed by atoms with Crippen LogP contribution in [0.15, 0.2) is 36.7 Å². The SMILES string of the molecule is O=C(C1CCCC1)N1CCN(c2nccn2-c2ccccc2F)CC1. The fourth-order valence-corrected chi connectivity index (χ4v) is 3.92. The van der Waals surface area contributed by atoms with Gasteiger partial charge in [0.15, 0.2) is 0 Å². The van der Waals surface area contributed by atoms with Gasteiger partial charge >= 0.3 is 0 Å². The van der Waals surface area contributed by atoms with Crippen molar-refractivity contribution in [3.05, 3.63) is 42.5 Å². The summed E-state index contributed by atoms with van der Waals surface area (Å²) in [6.45, 7) is 2.87. The number of rotatable bonds is 3. The molecule has 0 atom stereocenters. The molecule has 2 heterocycles. The van der Waals surface area contributed by atoms with Crippen LogP contribution in [-0.2, 0) is 4.79 Å². The highest BCUT2D eigenvalue weighted by Gasteiger charge is 2.30. The van der Waals surface area contributed by atoms with Gasteiger partial charge in [0, 0.05) is 44.5 Å². The largest absolute Gasteiger partial charge is 0.339 e. The van der Waals surface area contributed by atoms with Crippen molar-refractivity contribution in [2.45, 2.75) is 25.7 Å². The second kappa shape index (κ2) is 6.86. The molecule has 2 fully saturated rings. The molecule has 5 nitrogen and oxygen atoms in total. The first-order valence-electron chi connectivity index (χ1n) is 9.06. The van der Waals surface area contributed by atoms with Crippen molar-refractivity contribution in [2.75, 3.05) is 31.1 Å². The Kier molecular flexibility index (Phi) is 4.42. The molecule has 0 radical (unpaired) electrons. The first-order valence-corrected chi connectivity index (χ1v) is 9.06. The van der Waals surface area contributed by atoms with E-state index in [1.807, 2.05) is 11.0 Å². The number of hydrogen-bond acceptors (Lipinski definition) is 3. The average Bonchev–Trinajstić information content (AvgIpc) is 3.34. The van der Waals surface area contributed by atoms with Crippen molar-refractivity contribution in [1.82, 2.24) is 14.5 Å². The predicted molar refractivity (Wildman–Crippen MR) is 94.3 cm³/mol. The molecule has 1 aromatic carbocycles. The second-order valence-electron chi connectivity index (χ2n) is 6.84. The Hall–Kier alpha value is -2.37. The summed E-state index contributed by atoms with van der Waals surface area (Å²) in [4.78, 5) is 21.1. The van der Waals surface area contributed by atoms with Crippen LogP contribution in [0, 0.1) is 11.7 Å². The predicted octanol–water partition coefficient (Wildman–Crippen LogP) is 2.85. The minimum atomic E-state index is -0.267. The van der Waals surface area contributed by atoms with Gasteiger partial charge in [-0.05, 0) is 25.0 Å². The van der Waals surface area contributed by atoms with Crippen LogP contribution in [0.5, 0.6) is 0 Å². The molecule has 1 aliphatic heterocycles. The van der Waals surface area contributed by atoms with Gasteiger partial charge in [-0.2, -0.15) is 0 Å². The quantitative estimate of drug-likeness (QED) is 0.861. The van der Waals surface area contributed by atoms with Gasteiger partial charge in [0.2, 0.25) is 11.9 Å². The second-order valence-corrected chi connectivity index (χ2v) is 6.84. The highest BCUT2D eigenvalue weighted by molar-refractivity contribution is 5.79. The van der Waals surface area contributed by atoms with Gasteiger partial charge in [0.1, 0.15) is 5.82 Å². The number of amides is 1. The monoisotopic (exact) mass is 342 g/mol. The average molecular weight is 342 g/mol. The Bertz CT molecular complexity index is 745. The van der Waals surface area contributed by atoms with Crippen LogP contribution in [0.4, 0.5) is 10.3 Å². The van der Waals surface area contributed by atoms with Crippen LogP contribution in [0.1, 0.15) is 25.7 Å². The first-order chi connectivity index (χ1) is 12.2. The number of benzene rings is 1. The topological polar surface area (TPSA) is 41.4 Å². The maximum atomic E-state index is 14.1. The molecule has 132 valence electrons. The Morgan fingerprint density at radius 2 is 1.80 bits per heavy atom. The van der Waals surface area contributed by atoms with Crippen molar-refractivity contribution < 1.29 is 9.18 Å². The number of halogens is 1. The first kappa shape index (κ1) is 16.1. The van der Waals surface area contributed by atoms with E-state index < -0.39 is 0 Å². The van der Waals surface area contributed by atoms with Crippen molar-refractivity contribution in [3.8, 4) is 5.69 Å². The van der Waals surface area contributed by atoms with E-state index in [0.717, 1.165) is 31.9 Å². The molecule has 6 heteroatoms. The Morgan fingerprint density at radius 1 is 1.08 bits per heavy atom. The molecule has 1 saturated carbocycles. The number of aromatic nitrogens is 2. The summed E-state index contributed by atoms with van der Waals surface area (Å²) in [5.41, 5.74) is 0.500. The summed E-state index contributed by atoms with van der Waals surface area (Å²) in [6, 6.07) is 6.71. The normalized spacial score (nSPS) is 18.8. The lowest BCUT2D eigenvalue weighted by Crippen LogP contribution is -2.50. The summed E-state index contributed by atoms with van der Waals surface area (Å²) >= 11 is 0. The van der Waals surface area contributed by atoms with Gasteiger partial charge in [0.05, 0.1) is 5.69 Å². The van der Waals surface area contributed by atoms with E-state index in [2.05, 4.69) is 9.88 Å². The van der Waals surface area contributed by atoms with Crippen molar-refractivity contribution >= 4 is 11.9 Å². The molecule has 1 saturated heterocycles.